The first kappa shape index (κ1) is 31.8. The molecule has 12 heteroatoms. The molecule has 7 nitrogen and oxygen atoms in total. The first-order valence-electron chi connectivity index (χ1n) is 12.2. The van der Waals surface area contributed by atoms with Crippen LogP contribution in [0.25, 0.3) is 0 Å². The number of benzene rings is 2. The van der Waals surface area contributed by atoms with Gasteiger partial charge < -0.3 is 10.2 Å². The molecule has 0 aliphatic heterocycles. The van der Waals surface area contributed by atoms with Crippen molar-refractivity contribution in [2.24, 2.45) is 5.92 Å². The van der Waals surface area contributed by atoms with Gasteiger partial charge in [-0.3, -0.25) is 13.9 Å². The molecule has 1 atom stereocenters. The fourth-order valence-electron chi connectivity index (χ4n) is 3.84. The molecular formula is C26H33Cl2F2N3O4S. The number of nitrogens with zero attached hydrogens (tertiary/aromatic N) is 2. The van der Waals surface area contributed by atoms with Gasteiger partial charge in [0.1, 0.15) is 6.04 Å². The predicted octanol–water partition coefficient (Wildman–Crippen LogP) is 5.40. The zero-order valence-corrected chi connectivity index (χ0v) is 24.1. The summed E-state index contributed by atoms with van der Waals surface area (Å²) in [6.07, 6.45) is 1.20. The highest BCUT2D eigenvalue weighted by molar-refractivity contribution is 7.92. The zero-order valence-electron chi connectivity index (χ0n) is 21.8. The minimum absolute atomic E-state index is 0.0239. The molecule has 0 aromatic heterocycles. The number of rotatable bonds is 13. The molecule has 0 aliphatic carbocycles. The van der Waals surface area contributed by atoms with E-state index in [0.717, 1.165) is 28.8 Å². The van der Waals surface area contributed by atoms with Gasteiger partial charge in [0.25, 0.3) is 0 Å². The quantitative estimate of drug-likeness (QED) is 0.338. The Morgan fingerprint density at radius 2 is 1.68 bits per heavy atom. The Morgan fingerprint density at radius 3 is 2.21 bits per heavy atom. The van der Waals surface area contributed by atoms with Gasteiger partial charge in [0.05, 0.1) is 11.9 Å². The monoisotopic (exact) mass is 591 g/mol. The first-order chi connectivity index (χ1) is 17.8. The van der Waals surface area contributed by atoms with Crippen molar-refractivity contribution < 1.29 is 26.8 Å². The summed E-state index contributed by atoms with van der Waals surface area (Å²) < 4.78 is 52.7. The number of nitrogens with one attached hydrogen (secondary N) is 1. The van der Waals surface area contributed by atoms with Crippen molar-refractivity contribution in [2.45, 2.75) is 52.6 Å². The van der Waals surface area contributed by atoms with Gasteiger partial charge in [-0.2, -0.15) is 0 Å². The Kier molecular flexibility index (Phi) is 11.8. The van der Waals surface area contributed by atoms with Crippen LogP contribution in [-0.4, -0.2) is 50.5 Å². The molecule has 0 aliphatic rings. The SMILES string of the molecule is CC[C@H](C(=O)NCC(C)C)N(Cc1c(Cl)cccc1Cl)C(=O)CCCN(c1ccc(F)c(F)c1)S(C)(=O)=O. The van der Waals surface area contributed by atoms with Crippen LogP contribution in [0.1, 0.15) is 45.6 Å². The van der Waals surface area contributed by atoms with Crippen LogP contribution in [0.4, 0.5) is 14.5 Å². The number of hydrogen-bond acceptors (Lipinski definition) is 4. The molecule has 2 aromatic carbocycles. The number of halogens is 4. The van der Waals surface area contributed by atoms with E-state index < -0.39 is 33.6 Å². The zero-order chi connectivity index (χ0) is 28.6. The smallest absolute Gasteiger partial charge is 0.242 e. The minimum atomic E-state index is -3.86. The fourth-order valence-corrected chi connectivity index (χ4v) is 5.31. The lowest BCUT2D eigenvalue weighted by Gasteiger charge is -2.32. The van der Waals surface area contributed by atoms with Crippen LogP contribution in [0.3, 0.4) is 0 Å². The molecule has 0 saturated carbocycles. The second-order valence-electron chi connectivity index (χ2n) is 9.32. The Balaban J connectivity index is 2.28. The lowest BCUT2D eigenvalue weighted by atomic mass is 10.1. The highest BCUT2D eigenvalue weighted by atomic mass is 35.5. The van der Waals surface area contributed by atoms with E-state index >= 15 is 0 Å². The molecule has 0 spiro atoms. The average Bonchev–Trinajstić information content (AvgIpc) is 2.83. The second-order valence-corrected chi connectivity index (χ2v) is 12.0. The van der Waals surface area contributed by atoms with E-state index in [1.165, 1.54) is 4.90 Å². The van der Waals surface area contributed by atoms with E-state index in [9.17, 15) is 26.8 Å². The molecule has 2 amide bonds. The molecule has 2 rings (SSSR count). The number of hydrogen-bond donors (Lipinski definition) is 1. The third kappa shape index (κ3) is 8.81. The molecular weight excluding hydrogens is 559 g/mol. The minimum Gasteiger partial charge on any atom is -0.354 e. The van der Waals surface area contributed by atoms with Crippen LogP contribution in [-0.2, 0) is 26.2 Å². The van der Waals surface area contributed by atoms with Gasteiger partial charge in [0, 0.05) is 47.7 Å². The van der Waals surface area contributed by atoms with Crippen LogP contribution in [0.5, 0.6) is 0 Å². The lowest BCUT2D eigenvalue weighted by molar-refractivity contribution is -0.141. The van der Waals surface area contributed by atoms with Gasteiger partial charge in [-0.15, -0.1) is 0 Å². The summed E-state index contributed by atoms with van der Waals surface area (Å²) in [5.41, 5.74) is 0.428. The average molecular weight is 593 g/mol. The van der Waals surface area contributed by atoms with Crippen LogP contribution >= 0.6 is 23.2 Å². The Morgan fingerprint density at radius 1 is 1.05 bits per heavy atom. The van der Waals surface area contributed by atoms with Gasteiger partial charge in [0.15, 0.2) is 11.6 Å². The molecule has 0 fully saturated rings. The molecule has 0 saturated heterocycles. The van der Waals surface area contributed by atoms with E-state index in [-0.39, 0.29) is 43.4 Å². The number of sulfonamides is 1. The van der Waals surface area contributed by atoms with Crippen LogP contribution in [0.15, 0.2) is 36.4 Å². The number of amides is 2. The molecule has 1 N–H and O–H groups in total. The molecule has 0 bridgehead atoms. The van der Waals surface area contributed by atoms with E-state index in [0.29, 0.717) is 28.6 Å². The van der Waals surface area contributed by atoms with Crippen LogP contribution in [0, 0.1) is 17.6 Å². The standard InChI is InChI=1S/C26H33Cl2F2N3O4S/c1-5-24(26(35)31-15-17(2)3)32(16-19-20(27)8-6-9-21(19)28)25(34)10-7-13-33(38(4,36)37)18-11-12-22(29)23(30)14-18/h6,8-9,11-12,14,17,24H,5,7,10,13,15-16H2,1-4H3,(H,31,35)/t24-/m1/s1. The third-order valence-corrected chi connectivity index (χ3v) is 7.71. The van der Waals surface area contributed by atoms with Crippen molar-refractivity contribution in [2.75, 3.05) is 23.7 Å². The Labute approximate surface area is 233 Å². The van der Waals surface area contributed by atoms with Crippen molar-refractivity contribution in [1.82, 2.24) is 10.2 Å². The van der Waals surface area contributed by atoms with E-state index in [1.54, 1.807) is 25.1 Å². The van der Waals surface area contributed by atoms with Crippen LogP contribution < -0.4 is 9.62 Å². The highest BCUT2D eigenvalue weighted by Crippen LogP contribution is 2.28. The maximum atomic E-state index is 13.8. The summed E-state index contributed by atoms with van der Waals surface area (Å²) in [6.45, 7) is 5.93. The van der Waals surface area contributed by atoms with E-state index in [1.807, 2.05) is 13.8 Å². The normalized spacial score (nSPS) is 12.3. The summed E-state index contributed by atoms with van der Waals surface area (Å²) in [7, 11) is -3.86. The van der Waals surface area contributed by atoms with Crippen molar-refractivity contribution >= 4 is 50.7 Å². The highest BCUT2D eigenvalue weighted by Gasteiger charge is 2.30. The summed E-state index contributed by atoms with van der Waals surface area (Å²) >= 11 is 12.7. The predicted molar refractivity (Wildman–Crippen MR) is 147 cm³/mol. The Hall–Kier alpha value is -2.43. The van der Waals surface area contributed by atoms with Crippen molar-refractivity contribution in [3.8, 4) is 0 Å². The molecule has 0 unspecified atom stereocenters. The molecule has 210 valence electrons. The third-order valence-electron chi connectivity index (χ3n) is 5.80. The summed E-state index contributed by atoms with van der Waals surface area (Å²) in [5.74, 6) is -2.82. The van der Waals surface area contributed by atoms with Gasteiger partial charge in [-0.25, -0.2) is 17.2 Å². The molecule has 0 heterocycles. The van der Waals surface area contributed by atoms with Crippen molar-refractivity contribution in [3.05, 3.63) is 63.6 Å². The lowest BCUT2D eigenvalue weighted by Crippen LogP contribution is -2.49. The van der Waals surface area contributed by atoms with Gasteiger partial charge >= 0.3 is 0 Å². The topological polar surface area (TPSA) is 86.8 Å². The maximum absolute atomic E-state index is 13.8. The van der Waals surface area contributed by atoms with Crippen molar-refractivity contribution in [3.63, 3.8) is 0 Å². The molecule has 2 aromatic rings. The summed E-state index contributed by atoms with van der Waals surface area (Å²) in [4.78, 5) is 27.9. The number of anilines is 1. The molecule has 0 radical (unpaired) electrons. The van der Waals surface area contributed by atoms with Gasteiger partial charge in [-0.05, 0) is 43.0 Å². The Bertz CT molecular complexity index is 1220. The number of carbonyl (C=O) groups is 2. The fraction of sp³-hybridized carbons (Fsp3) is 0.462. The first-order valence-corrected chi connectivity index (χ1v) is 14.8. The van der Waals surface area contributed by atoms with Gasteiger partial charge in [0.2, 0.25) is 21.8 Å². The van der Waals surface area contributed by atoms with Crippen LogP contribution in [0.2, 0.25) is 10.0 Å². The van der Waals surface area contributed by atoms with Crippen molar-refractivity contribution in [1.29, 1.82) is 0 Å². The maximum Gasteiger partial charge on any atom is 0.242 e. The second kappa shape index (κ2) is 14.1. The number of carbonyl (C=O) groups excluding carboxylic acids is 2. The van der Waals surface area contributed by atoms with E-state index in [4.69, 9.17) is 23.2 Å². The summed E-state index contributed by atoms with van der Waals surface area (Å²) in [5, 5.41) is 3.54. The largest absolute Gasteiger partial charge is 0.354 e. The summed E-state index contributed by atoms with van der Waals surface area (Å²) in [6, 6.07) is 6.91. The molecule has 38 heavy (non-hydrogen) atoms. The van der Waals surface area contributed by atoms with E-state index in [2.05, 4.69) is 5.32 Å². The van der Waals surface area contributed by atoms with Gasteiger partial charge in [-0.1, -0.05) is 50.0 Å².